The molecule has 134 valence electrons. The molecule has 1 atom stereocenters. The number of ketones is 1. The molecule has 0 saturated carbocycles. The number of nitrogens with one attached hydrogen (secondary N) is 1. The third kappa shape index (κ3) is 6.41. The fraction of sp³-hybridized carbons (Fsp3) is 0.529. The van der Waals surface area contributed by atoms with E-state index < -0.39 is 28.6 Å². The number of rotatable bonds is 9. The first-order valence-corrected chi connectivity index (χ1v) is 9.58. The van der Waals surface area contributed by atoms with Gasteiger partial charge in [-0.3, -0.25) is 9.59 Å². The Morgan fingerprint density at radius 1 is 1.25 bits per heavy atom. The van der Waals surface area contributed by atoms with E-state index in [1.54, 1.807) is 6.07 Å². The fourth-order valence-electron chi connectivity index (χ4n) is 2.18. The van der Waals surface area contributed by atoms with Gasteiger partial charge in [0.1, 0.15) is 6.04 Å². The van der Waals surface area contributed by atoms with Gasteiger partial charge in [-0.25, -0.2) is 13.1 Å². The van der Waals surface area contributed by atoms with Gasteiger partial charge in [-0.1, -0.05) is 37.1 Å². The Balaban J connectivity index is 2.57. The van der Waals surface area contributed by atoms with Crippen molar-refractivity contribution < 1.29 is 22.7 Å². The summed E-state index contributed by atoms with van der Waals surface area (Å²) in [6.07, 6.45) is 1.26. The maximum Gasteiger partial charge on any atom is 0.324 e. The quantitative estimate of drug-likeness (QED) is 0.541. The first-order valence-electron chi connectivity index (χ1n) is 7.93. The van der Waals surface area contributed by atoms with E-state index in [0.29, 0.717) is 12.0 Å². The van der Waals surface area contributed by atoms with Gasteiger partial charge in [-0.15, -0.1) is 0 Å². The van der Waals surface area contributed by atoms with Crippen molar-refractivity contribution in [3.8, 4) is 0 Å². The van der Waals surface area contributed by atoms with Gasteiger partial charge in [0.05, 0.1) is 5.75 Å². The van der Waals surface area contributed by atoms with E-state index in [9.17, 15) is 18.0 Å². The van der Waals surface area contributed by atoms with Crippen LogP contribution in [-0.2, 0) is 19.6 Å². The molecule has 0 fully saturated rings. The molecule has 0 saturated heterocycles. The van der Waals surface area contributed by atoms with Crippen molar-refractivity contribution in [2.24, 2.45) is 0 Å². The highest BCUT2D eigenvalue weighted by Crippen LogP contribution is 2.11. The number of hydrogen-bond acceptors (Lipinski definition) is 5. The number of ether oxygens (including phenoxy) is 1. The summed E-state index contributed by atoms with van der Waals surface area (Å²) in [4.78, 5) is 24.0. The Morgan fingerprint density at radius 2 is 1.92 bits per heavy atom. The Labute approximate surface area is 143 Å². The number of esters is 1. The summed E-state index contributed by atoms with van der Waals surface area (Å²) in [6, 6.07) is 4.35. The van der Waals surface area contributed by atoms with E-state index in [-0.39, 0.29) is 11.5 Å². The van der Waals surface area contributed by atoms with Gasteiger partial charge in [0.15, 0.2) is 6.61 Å². The van der Waals surface area contributed by atoms with E-state index in [0.717, 1.165) is 17.5 Å². The number of benzene rings is 1. The number of aryl methyl sites for hydroxylation is 2. The summed E-state index contributed by atoms with van der Waals surface area (Å²) in [7, 11) is -3.53. The van der Waals surface area contributed by atoms with E-state index in [2.05, 4.69) is 4.72 Å². The second-order valence-electron chi connectivity index (χ2n) is 5.86. The Hall–Kier alpha value is -1.73. The molecule has 0 aliphatic carbocycles. The molecule has 1 aromatic carbocycles. The molecule has 0 bridgehead atoms. The van der Waals surface area contributed by atoms with Gasteiger partial charge in [0.25, 0.3) is 0 Å². The van der Waals surface area contributed by atoms with Gasteiger partial charge < -0.3 is 4.74 Å². The molecule has 0 amide bonds. The third-order valence-electron chi connectivity index (χ3n) is 3.50. The first-order chi connectivity index (χ1) is 11.2. The predicted octanol–water partition coefficient (Wildman–Crippen LogP) is 2.14. The number of unbranched alkanes of at least 4 members (excludes halogenated alkanes) is 1. The van der Waals surface area contributed by atoms with E-state index in [4.69, 9.17) is 4.74 Å². The van der Waals surface area contributed by atoms with Crippen molar-refractivity contribution in [3.05, 3.63) is 34.9 Å². The summed E-state index contributed by atoms with van der Waals surface area (Å²) >= 11 is 0. The van der Waals surface area contributed by atoms with Crippen LogP contribution in [0.3, 0.4) is 0 Å². The minimum absolute atomic E-state index is 0.0391. The van der Waals surface area contributed by atoms with Crippen LogP contribution < -0.4 is 4.72 Å². The minimum atomic E-state index is -3.53. The van der Waals surface area contributed by atoms with Crippen molar-refractivity contribution in [1.29, 1.82) is 0 Å². The maximum atomic E-state index is 12.1. The molecule has 0 unspecified atom stereocenters. The molecule has 1 aromatic rings. The van der Waals surface area contributed by atoms with Crippen molar-refractivity contribution in [2.45, 2.75) is 46.6 Å². The maximum absolute atomic E-state index is 12.1. The van der Waals surface area contributed by atoms with Crippen LogP contribution in [0.25, 0.3) is 0 Å². The van der Waals surface area contributed by atoms with Crippen LogP contribution in [0, 0.1) is 13.8 Å². The monoisotopic (exact) mass is 355 g/mol. The van der Waals surface area contributed by atoms with Crippen molar-refractivity contribution in [3.63, 3.8) is 0 Å². The summed E-state index contributed by atoms with van der Waals surface area (Å²) in [5, 5.41) is 0. The predicted molar refractivity (Wildman–Crippen MR) is 92.5 cm³/mol. The third-order valence-corrected chi connectivity index (χ3v) is 5.04. The number of hydrogen-bond donors (Lipinski definition) is 1. The van der Waals surface area contributed by atoms with Gasteiger partial charge >= 0.3 is 5.97 Å². The molecule has 6 nitrogen and oxygen atoms in total. The van der Waals surface area contributed by atoms with Gasteiger partial charge in [-0.2, -0.15) is 0 Å². The van der Waals surface area contributed by atoms with Crippen LogP contribution in [0.4, 0.5) is 0 Å². The van der Waals surface area contributed by atoms with Crippen LogP contribution in [0.15, 0.2) is 18.2 Å². The molecule has 24 heavy (non-hydrogen) atoms. The van der Waals surface area contributed by atoms with Crippen molar-refractivity contribution in [2.75, 3.05) is 12.4 Å². The van der Waals surface area contributed by atoms with Crippen molar-refractivity contribution >= 4 is 21.8 Å². The molecular formula is C17H25NO5S. The smallest absolute Gasteiger partial charge is 0.324 e. The Kier molecular flexibility index (Phi) is 7.57. The molecule has 0 aliphatic rings. The van der Waals surface area contributed by atoms with Gasteiger partial charge in [-0.05, 0) is 32.8 Å². The van der Waals surface area contributed by atoms with Crippen LogP contribution in [0.2, 0.25) is 0 Å². The number of carbonyl (C=O) groups excluding carboxylic acids is 2. The number of sulfonamides is 1. The largest absolute Gasteiger partial charge is 0.456 e. The second-order valence-corrected chi connectivity index (χ2v) is 7.73. The number of Topliss-reactive ketones (excluding diaryl/α,β-unsaturated/α-hetero) is 1. The summed E-state index contributed by atoms with van der Waals surface area (Å²) < 4.78 is 30.7. The molecule has 7 heteroatoms. The highest BCUT2D eigenvalue weighted by molar-refractivity contribution is 7.89. The lowest BCUT2D eigenvalue weighted by atomic mass is 10.0. The lowest BCUT2D eigenvalue weighted by Gasteiger charge is -2.13. The van der Waals surface area contributed by atoms with Gasteiger partial charge in [0.2, 0.25) is 15.8 Å². The lowest BCUT2D eigenvalue weighted by Crippen LogP contribution is -2.41. The highest BCUT2D eigenvalue weighted by Gasteiger charge is 2.22. The molecule has 0 radical (unpaired) electrons. The second kappa shape index (κ2) is 8.94. The minimum Gasteiger partial charge on any atom is -0.456 e. The van der Waals surface area contributed by atoms with E-state index in [1.807, 2.05) is 32.9 Å². The zero-order valence-electron chi connectivity index (χ0n) is 14.6. The average molecular weight is 355 g/mol. The average Bonchev–Trinajstić information content (AvgIpc) is 2.49. The zero-order chi connectivity index (χ0) is 18.3. The molecular weight excluding hydrogens is 330 g/mol. The summed E-state index contributed by atoms with van der Waals surface area (Å²) in [5.74, 6) is -1.13. The molecule has 1 rings (SSSR count). The lowest BCUT2D eigenvalue weighted by molar-refractivity contribution is -0.144. The molecule has 0 aliphatic heterocycles. The Morgan fingerprint density at radius 3 is 2.50 bits per heavy atom. The first kappa shape index (κ1) is 20.3. The molecule has 1 N–H and O–H groups in total. The number of carbonyl (C=O) groups is 2. The molecule has 0 aromatic heterocycles. The Bertz CT molecular complexity index is 697. The van der Waals surface area contributed by atoms with Crippen LogP contribution in [0.5, 0.6) is 0 Å². The zero-order valence-corrected chi connectivity index (χ0v) is 15.4. The van der Waals surface area contributed by atoms with Crippen LogP contribution in [-0.4, -0.2) is 38.6 Å². The van der Waals surface area contributed by atoms with E-state index >= 15 is 0 Å². The van der Waals surface area contributed by atoms with Crippen molar-refractivity contribution in [1.82, 2.24) is 4.72 Å². The standard InChI is InChI=1S/C17H25NO5S/c1-5-6-9-24(21,22)18-14(4)17(20)23-11-16(19)15-8-7-12(2)10-13(15)3/h7-8,10,14,18H,5-6,9,11H2,1-4H3/t14-/m0/s1. The normalized spacial score (nSPS) is 12.7. The molecule has 0 spiro atoms. The van der Waals surface area contributed by atoms with Gasteiger partial charge in [0, 0.05) is 5.56 Å². The van der Waals surface area contributed by atoms with E-state index in [1.165, 1.54) is 6.92 Å². The summed E-state index contributed by atoms with van der Waals surface area (Å²) in [6.45, 7) is 6.60. The van der Waals surface area contributed by atoms with Crippen LogP contribution in [0.1, 0.15) is 48.2 Å². The fourth-order valence-corrected chi connectivity index (χ4v) is 3.60. The van der Waals surface area contributed by atoms with Crippen LogP contribution >= 0.6 is 0 Å². The molecule has 0 heterocycles. The topological polar surface area (TPSA) is 89.5 Å². The SMILES string of the molecule is CCCCS(=O)(=O)N[C@@H](C)C(=O)OCC(=O)c1ccc(C)cc1C. The highest BCUT2D eigenvalue weighted by atomic mass is 32.2. The summed E-state index contributed by atoms with van der Waals surface area (Å²) in [5.41, 5.74) is 2.34.